The molecule has 4 rings (SSSR count). The lowest BCUT2D eigenvalue weighted by Gasteiger charge is -2.02. The van der Waals surface area contributed by atoms with Crippen LogP contribution in [-0.2, 0) is 4.79 Å². The summed E-state index contributed by atoms with van der Waals surface area (Å²) in [5, 5.41) is 0. The van der Waals surface area contributed by atoms with Crippen molar-refractivity contribution in [3.63, 3.8) is 0 Å². The van der Waals surface area contributed by atoms with Crippen LogP contribution in [0.15, 0.2) is 84.9 Å². The second-order valence-corrected chi connectivity index (χ2v) is 5.78. The molecule has 0 unspecified atom stereocenters. The van der Waals surface area contributed by atoms with E-state index in [0.717, 1.165) is 33.9 Å². The fraction of sp³-hybridized carbons (Fsp3) is 0. The molecule has 0 aliphatic heterocycles. The van der Waals surface area contributed by atoms with Gasteiger partial charge in [-0.15, -0.1) is 0 Å². The van der Waals surface area contributed by atoms with Gasteiger partial charge in [-0.05, 0) is 24.3 Å². The molecule has 3 aromatic carbocycles. The Morgan fingerprint density at radius 2 is 1.35 bits per heavy atom. The minimum atomic E-state index is 0.420. The van der Waals surface area contributed by atoms with Crippen LogP contribution in [0.4, 0.5) is 0 Å². The van der Waals surface area contributed by atoms with Crippen LogP contribution in [-0.4, -0.2) is 16.4 Å². The minimum absolute atomic E-state index is 0.420. The number of benzene rings is 3. The average Bonchev–Trinajstić information content (AvgIpc) is 3.16. The molecule has 0 radical (unpaired) electrons. The van der Waals surface area contributed by atoms with Crippen LogP contribution in [0.25, 0.3) is 33.9 Å². The quantitative estimate of drug-likeness (QED) is 0.523. The summed E-state index contributed by atoms with van der Waals surface area (Å²) >= 11 is 0. The zero-order chi connectivity index (χ0) is 17.8. The van der Waals surface area contributed by atoms with Crippen molar-refractivity contribution in [2.45, 2.75) is 0 Å². The summed E-state index contributed by atoms with van der Waals surface area (Å²) < 4.78 is 4.85. The summed E-state index contributed by atoms with van der Waals surface area (Å²) in [6, 6.07) is 27.5. The second kappa shape index (κ2) is 7.07. The molecule has 0 atom stereocenters. The standard InChI is InChI=1S/C22H16N2O2/c25-15-26-19-13-11-18(12-14-19)22-23-20(16-7-3-1-4-8-16)21(24-22)17-9-5-2-6-10-17/h1-15H,(H,23,24). The molecule has 0 amide bonds. The maximum Gasteiger partial charge on any atom is 0.298 e. The van der Waals surface area contributed by atoms with Crippen molar-refractivity contribution in [1.29, 1.82) is 0 Å². The predicted octanol–water partition coefficient (Wildman–Crippen LogP) is 4.95. The smallest absolute Gasteiger partial charge is 0.298 e. The first-order valence-electron chi connectivity index (χ1n) is 8.27. The Bertz CT molecular complexity index is 950. The number of aromatic nitrogens is 2. The van der Waals surface area contributed by atoms with E-state index in [0.29, 0.717) is 12.2 Å². The first kappa shape index (κ1) is 15.8. The van der Waals surface area contributed by atoms with Gasteiger partial charge in [0.25, 0.3) is 6.47 Å². The average molecular weight is 340 g/mol. The van der Waals surface area contributed by atoms with E-state index in [1.54, 1.807) is 12.1 Å². The minimum Gasteiger partial charge on any atom is -0.429 e. The van der Waals surface area contributed by atoms with Crippen molar-refractivity contribution >= 4 is 6.47 Å². The zero-order valence-corrected chi connectivity index (χ0v) is 13.9. The number of carbonyl (C=O) groups is 1. The first-order chi connectivity index (χ1) is 12.8. The molecular formula is C22H16N2O2. The molecule has 126 valence electrons. The summed E-state index contributed by atoms with van der Waals surface area (Å²) in [5.74, 6) is 1.27. The van der Waals surface area contributed by atoms with Crippen molar-refractivity contribution in [2.24, 2.45) is 0 Å². The Kier molecular flexibility index (Phi) is 4.31. The molecule has 0 saturated heterocycles. The normalized spacial score (nSPS) is 10.5. The number of nitrogens with zero attached hydrogens (tertiary/aromatic N) is 1. The highest BCUT2D eigenvalue weighted by molar-refractivity contribution is 5.81. The maximum absolute atomic E-state index is 10.5. The monoisotopic (exact) mass is 340 g/mol. The SMILES string of the molecule is O=COc1ccc(-c2nc(-c3ccccc3)c(-c3ccccc3)[nH]2)cc1. The summed E-state index contributed by atoms with van der Waals surface area (Å²) in [6.45, 7) is 0.420. The highest BCUT2D eigenvalue weighted by atomic mass is 16.5. The van der Waals surface area contributed by atoms with Gasteiger partial charge in [-0.3, -0.25) is 4.79 Å². The number of hydrogen-bond donors (Lipinski definition) is 1. The van der Waals surface area contributed by atoms with Crippen LogP contribution < -0.4 is 4.74 Å². The summed E-state index contributed by atoms with van der Waals surface area (Å²) in [7, 11) is 0. The number of carbonyl (C=O) groups excluding carboxylic acids is 1. The lowest BCUT2D eigenvalue weighted by Crippen LogP contribution is -1.88. The van der Waals surface area contributed by atoms with Crippen molar-refractivity contribution in [1.82, 2.24) is 9.97 Å². The van der Waals surface area contributed by atoms with Gasteiger partial charge in [0, 0.05) is 16.7 Å². The van der Waals surface area contributed by atoms with Crippen LogP contribution in [0.3, 0.4) is 0 Å². The van der Waals surface area contributed by atoms with Gasteiger partial charge >= 0.3 is 0 Å². The van der Waals surface area contributed by atoms with E-state index in [2.05, 4.69) is 17.1 Å². The highest BCUT2D eigenvalue weighted by Crippen LogP contribution is 2.33. The van der Waals surface area contributed by atoms with Crippen LogP contribution in [0, 0.1) is 0 Å². The molecule has 4 nitrogen and oxygen atoms in total. The zero-order valence-electron chi connectivity index (χ0n) is 13.9. The van der Waals surface area contributed by atoms with Crippen molar-refractivity contribution in [2.75, 3.05) is 0 Å². The molecule has 1 heterocycles. The van der Waals surface area contributed by atoms with E-state index >= 15 is 0 Å². The Balaban J connectivity index is 1.82. The van der Waals surface area contributed by atoms with E-state index in [1.165, 1.54) is 0 Å². The van der Waals surface area contributed by atoms with Gasteiger partial charge in [-0.1, -0.05) is 60.7 Å². The van der Waals surface area contributed by atoms with E-state index in [9.17, 15) is 4.79 Å². The molecule has 0 bridgehead atoms. The topological polar surface area (TPSA) is 55.0 Å². The maximum atomic E-state index is 10.5. The Labute approximate surface area is 151 Å². The Hall–Kier alpha value is -3.66. The summed E-state index contributed by atoms with van der Waals surface area (Å²) in [4.78, 5) is 18.7. The number of nitrogens with one attached hydrogen (secondary N) is 1. The van der Waals surface area contributed by atoms with E-state index in [-0.39, 0.29) is 0 Å². The molecule has 1 N–H and O–H groups in total. The molecular weight excluding hydrogens is 324 g/mol. The molecule has 0 aliphatic rings. The molecule has 4 aromatic rings. The number of ether oxygens (including phenoxy) is 1. The predicted molar refractivity (Wildman–Crippen MR) is 102 cm³/mol. The molecule has 0 saturated carbocycles. The van der Waals surface area contributed by atoms with Crippen molar-refractivity contribution < 1.29 is 9.53 Å². The molecule has 26 heavy (non-hydrogen) atoms. The third kappa shape index (κ3) is 3.13. The summed E-state index contributed by atoms with van der Waals surface area (Å²) in [5.41, 5.74) is 4.92. The van der Waals surface area contributed by atoms with Gasteiger partial charge in [0.2, 0.25) is 0 Å². The molecule has 0 spiro atoms. The lowest BCUT2D eigenvalue weighted by molar-refractivity contribution is -0.120. The molecule has 0 fully saturated rings. The third-order valence-electron chi connectivity index (χ3n) is 4.13. The first-order valence-corrected chi connectivity index (χ1v) is 8.27. The van der Waals surface area contributed by atoms with Crippen molar-refractivity contribution in [3.8, 4) is 39.7 Å². The number of H-pyrrole nitrogens is 1. The van der Waals surface area contributed by atoms with Gasteiger partial charge in [-0.25, -0.2) is 4.98 Å². The largest absolute Gasteiger partial charge is 0.429 e. The summed E-state index contributed by atoms with van der Waals surface area (Å²) in [6.07, 6.45) is 0. The van der Waals surface area contributed by atoms with E-state index in [4.69, 9.17) is 9.72 Å². The Morgan fingerprint density at radius 1 is 0.731 bits per heavy atom. The van der Waals surface area contributed by atoms with Gasteiger partial charge in [0.1, 0.15) is 11.6 Å². The second-order valence-electron chi connectivity index (χ2n) is 5.78. The third-order valence-corrected chi connectivity index (χ3v) is 4.13. The highest BCUT2D eigenvalue weighted by Gasteiger charge is 2.15. The molecule has 0 aliphatic carbocycles. The van der Waals surface area contributed by atoms with Gasteiger partial charge in [0.15, 0.2) is 0 Å². The number of rotatable bonds is 5. The van der Waals surface area contributed by atoms with Gasteiger partial charge in [0.05, 0.1) is 11.4 Å². The van der Waals surface area contributed by atoms with E-state index in [1.807, 2.05) is 60.7 Å². The van der Waals surface area contributed by atoms with Crippen molar-refractivity contribution in [3.05, 3.63) is 84.9 Å². The van der Waals surface area contributed by atoms with E-state index < -0.39 is 0 Å². The van der Waals surface area contributed by atoms with Gasteiger partial charge in [-0.2, -0.15) is 0 Å². The number of aromatic amines is 1. The fourth-order valence-corrected chi connectivity index (χ4v) is 2.88. The fourth-order valence-electron chi connectivity index (χ4n) is 2.88. The van der Waals surface area contributed by atoms with Gasteiger partial charge < -0.3 is 9.72 Å². The van der Waals surface area contributed by atoms with Crippen LogP contribution in [0.2, 0.25) is 0 Å². The van der Waals surface area contributed by atoms with Crippen LogP contribution in [0.5, 0.6) is 5.75 Å². The lowest BCUT2D eigenvalue weighted by atomic mass is 10.1. The molecule has 1 aromatic heterocycles. The molecule has 4 heteroatoms. The van der Waals surface area contributed by atoms with Crippen LogP contribution >= 0.6 is 0 Å². The van der Waals surface area contributed by atoms with Crippen LogP contribution in [0.1, 0.15) is 0 Å². The number of hydrogen-bond acceptors (Lipinski definition) is 3. The Morgan fingerprint density at radius 3 is 1.96 bits per heavy atom. The number of imidazole rings is 1.